The largest absolute Gasteiger partial charge is 0.489 e. The van der Waals surface area contributed by atoms with Gasteiger partial charge in [-0.15, -0.1) is 5.10 Å². The molecule has 0 aliphatic heterocycles. The second kappa shape index (κ2) is 8.95. The summed E-state index contributed by atoms with van der Waals surface area (Å²) < 4.78 is 14.6. The Morgan fingerprint density at radius 1 is 1.15 bits per heavy atom. The van der Waals surface area contributed by atoms with E-state index in [-0.39, 0.29) is 6.10 Å². The number of hydrogen-bond donors (Lipinski definition) is 0. The van der Waals surface area contributed by atoms with Gasteiger partial charge in [0.25, 0.3) is 0 Å². The number of pyridine rings is 1. The van der Waals surface area contributed by atoms with Crippen LogP contribution in [0.15, 0.2) is 61.1 Å². The van der Waals surface area contributed by atoms with Gasteiger partial charge in [0.2, 0.25) is 5.88 Å². The van der Waals surface area contributed by atoms with Gasteiger partial charge in [0.1, 0.15) is 35.6 Å². The van der Waals surface area contributed by atoms with Crippen LogP contribution in [0.5, 0.6) is 11.6 Å². The van der Waals surface area contributed by atoms with Crippen LogP contribution in [0.1, 0.15) is 12.5 Å². The van der Waals surface area contributed by atoms with E-state index in [0.717, 1.165) is 5.56 Å². The summed E-state index contributed by atoms with van der Waals surface area (Å²) in [4.78, 5) is 8.87. The molecule has 11 nitrogen and oxygen atoms in total. The van der Waals surface area contributed by atoms with Crippen molar-refractivity contribution in [2.45, 2.75) is 19.6 Å². The summed E-state index contributed by atoms with van der Waals surface area (Å²) in [5, 5.41) is 25.5. The van der Waals surface area contributed by atoms with Gasteiger partial charge in [-0.1, -0.05) is 12.1 Å². The average molecular weight is 453 g/mol. The van der Waals surface area contributed by atoms with Crippen molar-refractivity contribution in [1.29, 1.82) is 5.26 Å². The van der Waals surface area contributed by atoms with Crippen LogP contribution < -0.4 is 9.47 Å². The third-order valence-corrected chi connectivity index (χ3v) is 5.11. The van der Waals surface area contributed by atoms with E-state index in [4.69, 9.17) is 14.6 Å². The number of aromatic nitrogens is 8. The maximum absolute atomic E-state index is 9.56. The fourth-order valence-corrected chi connectivity index (χ4v) is 3.55. The molecule has 0 aliphatic carbocycles. The summed E-state index contributed by atoms with van der Waals surface area (Å²) in [6.07, 6.45) is 3.06. The number of tetrazole rings is 1. The molecule has 5 aromatic rings. The minimum absolute atomic E-state index is 0.141. The van der Waals surface area contributed by atoms with Gasteiger partial charge in [0, 0.05) is 11.6 Å². The van der Waals surface area contributed by atoms with Crippen molar-refractivity contribution >= 4 is 5.65 Å². The molecule has 0 aliphatic rings. The van der Waals surface area contributed by atoms with E-state index in [2.05, 4.69) is 31.6 Å². The first-order valence-corrected chi connectivity index (χ1v) is 10.4. The van der Waals surface area contributed by atoms with E-state index in [1.165, 1.54) is 7.11 Å². The van der Waals surface area contributed by atoms with Crippen molar-refractivity contribution < 1.29 is 9.47 Å². The number of nitriles is 1. The molecule has 0 radical (unpaired) electrons. The number of hydrogen-bond acceptors (Lipinski definition) is 9. The maximum Gasteiger partial charge on any atom is 0.213 e. The van der Waals surface area contributed by atoms with Crippen LogP contribution in [0.3, 0.4) is 0 Å². The number of fused-ring (bicyclic) bond motifs is 1. The van der Waals surface area contributed by atoms with Crippen LogP contribution in [0.2, 0.25) is 0 Å². The lowest BCUT2D eigenvalue weighted by molar-refractivity contribution is 0.193. The highest BCUT2D eigenvalue weighted by atomic mass is 16.5. The van der Waals surface area contributed by atoms with E-state index >= 15 is 0 Å². The summed E-state index contributed by atoms with van der Waals surface area (Å²) in [7, 11) is 1.53. The molecule has 11 heteroatoms. The van der Waals surface area contributed by atoms with Crippen LogP contribution >= 0.6 is 0 Å². The van der Waals surface area contributed by atoms with Crippen molar-refractivity contribution in [3.63, 3.8) is 0 Å². The zero-order valence-electron chi connectivity index (χ0n) is 18.4. The van der Waals surface area contributed by atoms with Crippen LogP contribution in [0.25, 0.3) is 28.3 Å². The molecule has 1 atom stereocenters. The van der Waals surface area contributed by atoms with Gasteiger partial charge in [-0.25, -0.2) is 19.2 Å². The highest BCUT2D eigenvalue weighted by Gasteiger charge is 2.16. The molecule has 1 unspecified atom stereocenters. The summed E-state index contributed by atoms with van der Waals surface area (Å²) in [6.45, 7) is 2.47. The quantitative estimate of drug-likeness (QED) is 0.365. The molecule has 0 saturated carbocycles. The van der Waals surface area contributed by atoms with Gasteiger partial charge in [0.15, 0.2) is 5.65 Å². The van der Waals surface area contributed by atoms with E-state index in [1.54, 1.807) is 33.9 Å². The molecule has 34 heavy (non-hydrogen) atoms. The fourth-order valence-electron chi connectivity index (χ4n) is 3.55. The second-order valence-electron chi connectivity index (χ2n) is 7.48. The third kappa shape index (κ3) is 4.12. The molecule has 5 rings (SSSR count). The smallest absolute Gasteiger partial charge is 0.213 e. The minimum Gasteiger partial charge on any atom is -0.489 e. The third-order valence-electron chi connectivity index (χ3n) is 5.11. The lowest BCUT2D eigenvalue weighted by atomic mass is 10.1. The minimum atomic E-state index is -0.141. The SMILES string of the molecule is COc1ccc(C#N)c(-c2cnc3ccc(-c4cccc(OC(C)Cn5cnnn5)c4)nn23)n1. The highest BCUT2D eigenvalue weighted by molar-refractivity contribution is 5.68. The Balaban J connectivity index is 1.48. The number of benzene rings is 1. The molecule has 0 spiro atoms. The van der Waals surface area contributed by atoms with Gasteiger partial charge in [0.05, 0.1) is 31.1 Å². The fraction of sp³-hybridized carbons (Fsp3) is 0.174. The summed E-state index contributed by atoms with van der Waals surface area (Å²) >= 11 is 0. The predicted molar refractivity (Wildman–Crippen MR) is 121 cm³/mol. The molecule has 0 fully saturated rings. The summed E-state index contributed by atoms with van der Waals surface area (Å²) in [6, 6.07) is 16.9. The Bertz CT molecular complexity index is 1490. The Kier molecular flexibility index (Phi) is 5.53. The summed E-state index contributed by atoms with van der Waals surface area (Å²) in [5.41, 5.74) is 3.67. The monoisotopic (exact) mass is 453 g/mol. The number of ether oxygens (including phenoxy) is 2. The van der Waals surface area contributed by atoms with Crippen molar-refractivity contribution in [1.82, 2.24) is 39.8 Å². The standard InChI is InChI=1S/C23H19N9O2/c1-15(13-31-14-26-29-30-31)34-18-5-3-4-16(10-18)19-7-8-21-25-12-20(32(21)28-19)23-17(11-24)6-9-22(27-23)33-2/h3-10,12,14-15H,13H2,1-2H3. The van der Waals surface area contributed by atoms with Gasteiger partial charge in [-0.05, 0) is 47.7 Å². The average Bonchev–Trinajstić information content (AvgIpc) is 3.53. The van der Waals surface area contributed by atoms with Crippen LogP contribution in [-0.2, 0) is 6.54 Å². The highest BCUT2D eigenvalue weighted by Crippen LogP contribution is 2.27. The van der Waals surface area contributed by atoms with Gasteiger partial charge in [-0.3, -0.25) is 0 Å². The molecule has 0 saturated heterocycles. The molecule has 168 valence electrons. The lowest BCUT2D eigenvalue weighted by Gasteiger charge is -2.15. The first-order valence-electron chi connectivity index (χ1n) is 10.4. The molecule has 1 aromatic carbocycles. The Labute approximate surface area is 194 Å². The molecular formula is C23H19N9O2. The lowest BCUT2D eigenvalue weighted by Crippen LogP contribution is -2.20. The van der Waals surface area contributed by atoms with Crippen molar-refractivity contribution in [3.8, 4) is 40.3 Å². The van der Waals surface area contributed by atoms with Gasteiger partial charge in [-0.2, -0.15) is 10.4 Å². The maximum atomic E-state index is 9.56. The zero-order valence-corrected chi connectivity index (χ0v) is 18.4. The first kappa shape index (κ1) is 21.0. The van der Waals surface area contributed by atoms with E-state index < -0.39 is 0 Å². The molecule has 4 aromatic heterocycles. The zero-order chi connectivity index (χ0) is 23.5. The van der Waals surface area contributed by atoms with Crippen molar-refractivity contribution in [3.05, 3.63) is 66.6 Å². The second-order valence-corrected chi connectivity index (χ2v) is 7.48. The summed E-state index contributed by atoms with van der Waals surface area (Å²) in [5.74, 6) is 1.10. The van der Waals surface area contributed by atoms with Crippen molar-refractivity contribution in [2.24, 2.45) is 0 Å². The Hall–Kier alpha value is -4.85. The van der Waals surface area contributed by atoms with E-state index in [9.17, 15) is 5.26 Å². The number of methoxy groups -OCH3 is 1. The van der Waals surface area contributed by atoms with Crippen molar-refractivity contribution in [2.75, 3.05) is 7.11 Å². The normalized spacial score (nSPS) is 11.8. The van der Waals surface area contributed by atoms with Gasteiger partial charge >= 0.3 is 0 Å². The molecular weight excluding hydrogens is 434 g/mol. The number of imidazole rings is 1. The van der Waals surface area contributed by atoms with E-state index in [1.807, 2.05) is 43.3 Å². The van der Waals surface area contributed by atoms with Crippen LogP contribution in [0.4, 0.5) is 0 Å². The Morgan fingerprint density at radius 2 is 2.06 bits per heavy atom. The van der Waals surface area contributed by atoms with Crippen LogP contribution in [-0.4, -0.2) is 53.0 Å². The van der Waals surface area contributed by atoms with Crippen LogP contribution in [0, 0.1) is 11.3 Å². The molecule has 0 bridgehead atoms. The van der Waals surface area contributed by atoms with E-state index in [0.29, 0.717) is 46.5 Å². The first-order chi connectivity index (χ1) is 16.6. The number of nitrogens with zero attached hydrogens (tertiary/aromatic N) is 9. The molecule has 0 amide bonds. The number of rotatable bonds is 7. The van der Waals surface area contributed by atoms with Gasteiger partial charge < -0.3 is 9.47 Å². The molecule has 4 heterocycles. The topological polar surface area (TPSA) is 129 Å². The Morgan fingerprint density at radius 3 is 2.85 bits per heavy atom. The molecule has 0 N–H and O–H groups in total. The predicted octanol–water partition coefficient (Wildman–Crippen LogP) is 2.79.